The molecule has 0 aromatic heterocycles. The maximum absolute atomic E-state index is 13.1. The fourth-order valence-corrected chi connectivity index (χ4v) is 4.41. The molecule has 0 atom stereocenters. The molecule has 37 heavy (non-hydrogen) atoms. The van der Waals surface area contributed by atoms with E-state index < -0.39 is 17.5 Å². The third-order valence-electron chi connectivity index (χ3n) is 6.38. The number of para-hydroxylation sites is 1. The molecule has 3 aromatic carbocycles. The number of rotatable bonds is 6. The van der Waals surface area contributed by atoms with Crippen molar-refractivity contribution in [2.75, 3.05) is 19.1 Å². The smallest absolute Gasteiger partial charge is 0.355 e. The van der Waals surface area contributed by atoms with Crippen molar-refractivity contribution in [3.05, 3.63) is 136 Å². The second-order valence-corrected chi connectivity index (χ2v) is 8.78. The first kappa shape index (κ1) is 25.7. The highest BCUT2D eigenvalue weighted by atomic mass is 16.5. The summed E-state index contributed by atoms with van der Waals surface area (Å²) < 4.78 is 10.0. The van der Waals surface area contributed by atoms with Crippen molar-refractivity contribution >= 4 is 17.6 Å². The molecule has 6 nitrogen and oxygen atoms in total. The monoisotopic (exact) mass is 495 g/mol. The van der Waals surface area contributed by atoms with E-state index in [1.165, 1.54) is 20.3 Å². The third-order valence-corrected chi connectivity index (χ3v) is 6.38. The quantitative estimate of drug-likeness (QED) is 0.380. The number of allylic oxidation sites excluding steroid dienone is 2. The van der Waals surface area contributed by atoms with Gasteiger partial charge in [0.05, 0.1) is 25.5 Å². The van der Waals surface area contributed by atoms with E-state index in [4.69, 9.17) is 9.47 Å². The van der Waals surface area contributed by atoms with Gasteiger partial charge in [-0.1, -0.05) is 83.9 Å². The van der Waals surface area contributed by atoms with Crippen molar-refractivity contribution in [1.82, 2.24) is 0 Å². The van der Waals surface area contributed by atoms with Gasteiger partial charge in [-0.25, -0.2) is 9.59 Å². The van der Waals surface area contributed by atoms with Gasteiger partial charge in [-0.2, -0.15) is 0 Å². The molecule has 1 aliphatic rings. The van der Waals surface area contributed by atoms with Gasteiger partial charge in [0.2, 0.25) is 0 Å². The molecule has 0 radical (unpaired) electrons. The Bertz CT molecular complexity index is 1350. The van der Waals surface area contributed by atoms with Gasteiger partial charge in [0.1, 0.15) is 11.3 Å². The van der Waals surface area contributed by atoms with E-state index in [1.807, 2.05) is 80.6 Å². The zero-order valence-corrected chi connectivity index (χ0v) is 21.3. The SMILES string of the molecule is COC(=O)C1=C(C(=O)OC)N(c2ccccc2C(O)(c2ccc(C)cc2)c2ccc(C)cc2)C=CC=C1. The number of carbonyl (C=O) groups is 2. The van der Waals surface area contributed by atoms with Crippen molar-refractivity contribution < 1.29 is 24.2 Å². The molecule has 188 valence electrons. The highest BCUT2D eigenvalue weighted by Crippen LogP contribution is 2.43. The molecule has 0 spiro atoms. The second-order valence-electron chi connectivity index (χ2n) is 8.78. The molecule has 4 rings (SSSR count). The number of aliphatic hydroxyl groups is 1. The number of esters is 2. The van der Waals surface area contributed by atoms with E-state index in [1.54, 1.807) is 29.3 Å². The minimum absolute atomic E-state index is 0.0260. The van der Waals surface area contributed by atoms with E-state index in [0.717, 1.165) is 11.1 Å². The number of carbonyl (C=O) groups excluding carboxylic acids is 2. The lowest BCUT2D eigenvalue weighted by Crippen LogP contribution is -2.33. The number of aryl methyl sites for hydroxylation is 2. The molecule has 0 aliphatic carbocycles. The lowest BCUT2D eigenvalue weighted by atomic mass is 9.79. The Morgan fingerprint density at radius 2 is 1.30 bits per heavy atom. The van der Waals surface area contributed by atoms with Crippen LogP contribution in [0.5, 0.6) is 0 Å². The van der Waals surface area contributed by atoms with Crippen LogP contribution in [0.4, 0.5) is 5.69 Å². The Hall–Kier alpha value is -4.42. The minimum atomic E-state index is -1.59. The van der Waals surface area contributed by atoms with Gasteiger partial charge in [0.15, 0.2) is 0 Å². The van der Waals surface area contributed by atoms with E-state index in [-0.39, 0.29) is 11.3 Å². The zero-order valence-electron chi connectivity index (χ0n) is 21.3. The Balaban J connectivity index is 2.03. The summed E-state index contributed by atoms with van der Waals surface area (Å²) in [5, 5.41) is 12.6. The van der Waals surface area contributed by atoms with Crippen LogP contribution in [0.1, 0.15) is 27.8 Å². The molecule has 0 fully saturated rings. The van der Waals surface area contributed by atoms with E-state index >= 15 is 0 Å². The third kappa shape index (κ3) is 4.84. The molecule has 0 bridgehead atoms. The maximum atomic E-state index is 13.1. The normalized spacial score (nSPS) is 13.4. The topological polar surface area (TPSA) is 76.1 Å². The summed E-state index contributed by atoms with van der Waals surface area (Å²) in [5.41, 5.74) is 2.86. The summed E-state index contributed by atoms with van der Waals surface area (Å²) in [7, 11) is 2.50. The van der Waals surface area contributed by atoms with Gasteiger partial charge in [0.25, 0.3) is 0 Å². The molecule has 0 saturated carbocycles. The van der Waals surface area contributed by atoms with Crippen LogP contribution < -0.4 is 4.90 Å². The standard InChI is InChI=1S/C31H29NO5/c1-21-12-16-23(17-13-21)31(35,24-18-14-22(2)15-19-24)26-10-5-6-11-27(26)32-20-8-7-9-25(29(33)36-3)28(32)30(34)37-4/h5-20,35H,1-4H3. The number of hydrogen-bond donors (Lipinski definition) is 1. The molecule has 6 heteroatoms. The zero-order chi connectivity index (χ0) is 26.6. The van der Waals surface area contributed by atoms with Gasteiger partial charge in [-0.15, -0.1) is 0 Å². The second kappa shape index (κ2) is 10.7. The Morgan fingerprint density at radius 3 is 1.84 bits per heavy atom. The maximum Gasteiger partial charge on any atom is 0.355 e. The highest BCUT2D eigenvalue weighted by Gasteiger charge is 2.38. The predicted octanol–water partition coefficient (Wildman–Crippen LogP) is 5.08. The molecule has 0 unspecified atom stereocenters. The average molecular weight is 496 g/mol. The van der Waals surface area contributed by atoms with Gasteiger partial charge >= 0.3 is 11.9 Å². The fraction of sp³-hybridized carbons (Fsp3) is 0.161. The van der Waals surface area contributed by atoms with Crippen molar-refractivity contribution in [2.45, 2.75) is 19.4 Å². The van der Waals surface area contributed by atoms with Crippen molar-refractivity contribution in [2.24, 2.45) is 0 Å². The van der Waals surface area contributed by atoms with Crippen molar-refractivity contribution in [1.29, 1.82) is 0 Å². The summed E-state index contributed by atoms with van der Waals surface area (Å²) in [6, 6.07) is 22.6. The van der Waals surface area contributed by atoms with Crippen LogP contribution in [-0.2, 0) is 24.7 Å². The van der Waals surface area contributed by atoms with Crippen LogP contribution in [-0.4, -0.2) is 31.3 Å². The number of ether oxygens (including phenoxy) is 2. The first-order valence-electron chi connectivity index (χ1n) is 11.8. The van der Waals surface area contributed by atoms with Crippen LogP contribution in [0.2, 0.25) is 0 Å². The Kier molecular flexibility index (Phi) is 7.41. The van der Waals surface area contributed by atoms with Gasteiger partial charge in [-0.3, -0.25) is 0 Å². The van der Waals surface area contributed by atoms with Crippen LogP contribution in [0, 0.1) is 13.8 Å². The van der Waals surface area contributed by atoms with Crippen LogP contribution in [0.25, 0.3) is 0 Å². The number of methoxy groups -OCH3 is 2. The van der Waals surface area contributed by atoms with Crippen molar-refractivity contribution in [3.63, 3.8) is 0 Å². The minimum Gasteiger partial charge on any atom is -0.465 e. The van der Waals surface area contributed by atoms with Crippen LogP contribution in [0.3, 0.4) is 0 Å². The molecule has 1 aliphatic heterocycles. The first-order chi connectivity index (χ1) is 17.8. The molecular formula is C31H29NO5. The Labute approximate surface area is 216 Å². The largest absolute Gasteiger partial charge is 0.465 e. The summed E-state index contributed by atoms with van der Waals surface area (Å²) in [4.78, 5) is 27.3. The summed E-state index contributed by atoms with van der Waals surface area (Å²) in [5.74, 6) is -1.41. The molecule has 1 N–H and O–H groups in total. The van der Waals surface area contributed by atoms with E-state index in [2.05, 4.69) is 0 Å². The number of benzene rings is 3. The van der Waals surface area contributed by atoms with Crippen LogP contribution in [0.15, 0.2) is 108 Å². The number of nitrogens with zero attached hydrogens (tertiary/aromatic N) is 1. The number of anilines is 1. The van der Waals surface area contributed by atoms with Crippen molar-refractivity contribution in [3.8, 4) is 0 Å². The first-order valence-corrected chi connectivity index (χ1v) is 11.8. The van der Waals surface area contributed by atoms with E-state index in [9.17, 15) is 14.7 Å². The van der Waals surface area contributed by atoms with Crippen LogP contribution >= 0.6 is 0 Å². The lowest BCUT2D eigenvalue weighted by molar-refractivity contribution is -0.139. The molecule has 1 heterocycles. The van der Waals surface area contributed by atoms with Gasteiger partial charge in [0, 0.05) is 11.8 Å². The molecule has 0 saturated heterocycles. The molecule has 3 aromatic rings. The summed E-state index contributed by atoms with van der Waals surface area (Å²) in [6.45, 7) is 3.97. The fourth-order valence-electron chi connectivity index (χ4n) is 4.41. The predicted molar refractivity (Wildman–Crippen MR) is 143 cm³/mol. The Morgan fingerprint density at radius 1 is 0.757 bits per heavy atom. The molecular weight excluding hydrogens is 466 g/mol. The summed E-state index contributed by atoms with van der Waals surface area (Å²) >= 11 is 0. The summed E-state index contributed by atoms with van der Waals surface area (Å²) in [6.07, 6.45) is 6.50. The average Bonchev–Trinajstić information content (AvgIpc) is 3.15. The highest BCUT2D eigenvalue weighted by molar-refractivity contribution is 6.05. The molecule has 0 amide bonds. The van der Waals surface area contributed by atoms with E-state index in [0.29, 0.717) is 22.4 Å². The lowest BCUT2D eigenvalue weighted by Gasteiger charge is -2.35. The van der Waals surface area contributed by atoms with Gasteiger partial charge < -0.3 is 19.5 Å². The number of hydrogen-bond acceptors (Lipinski definition) is 6. The van der Waals surface area contributed by atoms with Gasteiger partial charge in [-0.05, 0) is 43.2 Å².